The van der Waals surface area contributed by atoms with Crippen molar-refractivity contribution in [3.05, 3.63) is 24.4 Å². The molecule has 0 saturated heterocycles. The molecule has 0 bridgehead atoms. The van der Waals surface area contributed by atoms with E-state index in [1.165, 1.54) is 6.21 Å². The summed E-state index contributed by atoms with van der Waals surface area (Å²) in [6.07, 6.45) is 1.51. The molecule has 2 heteroatoms. The molecule has 0 aromatic carbocycles. The maximum absolute atomic E-state index is 8.15. The van der Waals surface area contributed by atoms with Gasteiger partial charge in [0.2, 0.25) is 0 Å². The van der Waals surface area contributed by atoms with Crippen molar-refractivity contribution in [2.45, 2.75) is 6.92 Å². The quantitative estimate of drug-likeness (QED) is 0.403. The number of allylic oxidation sites excluding steroid dienone is 2. The summed E-state index contributed by atoms with van der Waals surface area (Å²) in [7, 11) is 0. The smallest absolute Gasteiger partial charge is 0.133 e. The maximum atomic E-state index is 8.15. The van der Waals surface area contributed by atoms with Crippen molar-refractivity contribution in [3.8, 4) is 6.07 Å². The van der Waals surface area contributed by atoms with Gasteiger partial charge in [-0.2, -0.15) is 5.26 Å². The Balaban J connectivity index is 3.90. The highest BCUT2D eigenvalue weighted by Gasteiger charge is 1.79. The first-order chi connectivity index (χ1) is 4.16. The largest absolute Gasteiger partial charge is 0.246 e. The topological polar surface area (TPSA) is 36.1 Å². The molecule has 0 fully saturated rings. The van der Waals surface area contributed by atoms with Crippen molar-refractivity contribution in [1.29, 1.82) is 5.26 Å². The third-order valence-electron chi connectivity index (χ3n) is 0.570. The summed E-state index contributed by atoms with van der Waals surface area (Å²) in [4.78, 5) is 3.66. The minimum atomic E-state index is 0.206. The van der Waals surface area contributed by atoms with Gasteiger partial charge in [-0.25, -0.2) is 4.99 Å². The van der Waals surface area contributed by atoms with Crippen LogP contribution in [0.15, 0.2) is 29.4 Å². The van der Waals surface area contributed by atoms with E-state index in [0.29, 0.717) is 0 Å². The molecule has 0 atom stereocenters. The lowest BCUT2D eigenvalue weighted by atomic mass is 10.4. The van der Waals surface area contributed by atoms with Crippen LogP contribution < -0.4 is 0 Å². The third-order valence-corrected chi connectivity index (χ3v) is 0.570. The van der Waals surface area contributed by atoms with Gasteiger partial charge in [0.1, 0.15) is 11.8 Å². The number of nitriles is 1. The molecule has 0 aromatic rings. The van der Waals surface area contributed by atoms with Gasteiger partial charge in [0, 0.05) is 6.21 Å². The summed E-state index contributed by atoms with van der Waals surface area (Å²) in [6, 6.07) is 1.79. The molecular formula is C7H8N2. The summed E-state index contributed by atoms with van der Waals surface area (Å²) in [5, 5.41) is 8.15. The van der Waals surface area contributed by atoms with E-state index in [2.05, 4.69) is 18.2 Å². The molecule has 0 unspecified atom stereocenters. The van der Waals surface area contributed by atoms with Crippen LogP contribution in [0, 0.1) is 11.3 Å². The van der Waals surface area contributed by atoms with E-state index in [4.69, 9.17) is 5.26 Å². The van der Waals surface area contributed by atoms with Gasteiger partial charge in [-0.1, -0.05) is 13.2 Å². The molecule has 0 aliphatic heterocycles. The lowest BCUT2D eigenvalue weighted by Gasteiger charge is -1.82. The Morgan fingerprint density at radius 3 is 2.56 bits per heavy atom. The Morgan fingerprint density at radius 1 is 1.67 bits per heavy atom. The average molecular weight is 120 g/mol. The minimum absolute atomic E-state index is 0.206. The Morgan fingerprint density at radius 2 is 2.22 bits per heavy atom. The third kappa shape index (κ3) is 4.49. The zero-order valence-electron chi connectivity index (χ0n) is 5.39. The Hall–Kier alpha value is -1.36. The molecule has 9 heavy (non-hydrogen) atoms. The average Bonchev–Trinajstić information content (AvgIpc) is 1.83. The summed E-state index contributed by atoms with van der Waals surface area (Å²) >= 11 is 0. The van der Waals surface area contributed by atoms with Gasteiger partial charge in [-0.15, -0.1) is 0 Å². The second-order valence-corrected chi connectivity index (χ2v) is 1.66. The second-order valence-electron chi connectivity index (χ2n) is 1.66. The van der Waals surface area contributed by atoms with Crippen LogP contribution in [-0.4, -0.2) is 6.21 Å². The standard InChI is InChI=1S/C7H8N2/c1-6(2)5-9-7(3)4-8/h5H,1,3H2,2H3. The van der Waals surface area contributed by atoms with Crippen molar-refractivity contribution >= 4 is 6.21 Å². The molecule has 0 rings (SSSR count). The van der Waals surface area contributed by atoms with Gasteiger partial charge in [-0.3, -0.25) is 0 Å². The zero-order chi connectivity index (χ0) is 7.28. The maximum Gasteiger partial charge on any atom is 0.133 e. The number of aliphatic imine (C=N–C) groups is 1. The molecule has 0 aliphatic rings. The summed E-state index contributed by atoms with van der Waals surface area (Å²) in [5.74, 6) is 0. The molecular weight excluding hydrogens is 112 g/mol. The summed E-state index contributed by atoms with van der Waals surface area (Å²) in [6.45, 7) is 8.71. The summed E-state index contributed by atoms with van der Waals surface area (Å²) in [5.41, 5.74) is 1.02. The number of hydrogen-bond donors (Lipinski definition) is 0. The fourth-order valence-electron chi connectivity index (χ4n) is 0.217. The predicted octanol–water partition coefficient (Wildman–Crippen LogP) is 1.67. The van der Waals surface area contributed by atoms with Crippen LogP contribution in [0.1, 0.15) is 6.92 Å². The first-order valence-electron chi connectivity index (χ1n) is 2.45. The van der Waals surface area contributed by atoms with Crippen molar-refractivity contribution in [1.82, 2.24) is 0 Å². The van der Waals surface area contributed by atoms with Gasteiger partial charge in [0.25, 0.3) is 0 Å². The normalized spacial score (nSPS) is 8.89. The molecule has 2 nitrogen and oxygen atoms in total. The highest BCUT2D eigenvalue weighted by atomic mass is 14.7. The van der Waals surface area contributed by atoms with Crippen molar-refractivity contribution in [2.24, 2.45) is 4.99 Å². The number of rotatable bonds is 2. The molecule has 0 aliphatic carbocycles. The van der Waals surface area contributed by atoms with Gasteiger partial charge < -0.3 is 0 Å². The molecule has 0 radical (unpaired) electrons. The molecule has 46 valence electrons. The minimum Gasteiger partial charge on any atom is -0.246 e. The predicted molar refractivity (Wildman–Crippen MR) is 38.1 cm³/mol. The SMILES string of the molecule is C=C(C)C=NC(=C)C#N. The molecule has 0 saturated carbocycles. The fraction of sp³-hybridized carbons (Fsp3) is 0.143. The Labute approximate surface area is 54.8 Å². The van der Waals surface area contributed by atoms with E-state index < -0.39 is 0 Å². The molecule has 0 spiro atoms. The van der Waals surface area contributed by atoms with E-state index in [1.807, 2.05) is 0 Å². The Kier molecular flexibility index (Phi) is 3.07. The Bertz CT molecular complexity index is 193. The first kappa shape index (κ1) is 7.64. The molecule has 0 aromatic heterocycles. The lowest BCUT2D eigenvalue weighted by molar-refractivity contribution is 1.40. The number of hydrogen-bond acceptors (Lipinski definition) is 2. The van der Waals surface area contributed by atoms with Gasteiger partial charge in [-0.05, 0) is 12.5 Å². The highest BCUT2D eigenvalue weighted by molar-refractivity contribution is 5.77. The molecule has 0 heterocycles. The monoisotopic (exact) mass is 120 g/mol. The van der Waals surface area contributed by atoms with Gasteiger partial charge in [0.05, 0.1) is 0 Å². The summed E-state index contributed by atoms with van der Waals surface area (Å²) < 4.78 is 0. The van der Waals surface area contributed by atoms with E-state index in [1.54, 1.807) is 13.0 Å². The van der Waals surface area contributed by atoms with Crippen LogP contribution in [0.3, 0.4) is 0 Å². The van der Waals surface area contributed by atoms with Crippen LogP contribution in [0.5, 0.6) is 0 Å². The number of nitrogens with zero attached hydrogens (tertiary/aromatic N) is 2. The van der Waals surface area contributed by atoms with Crippen molar-refractivity contribution in [2.75, 3.05) is 0 Å². The zero-order valence-corrected chi connectivity index (χ0v) is 5.39. The van der Waals surface area contributed by atoms with Crippen LogP contribution in [-0.2, 0) is 0 Å². The molecule has 0 amide bonds. The van der Waals surface area contributed by atoms with Crippen molar-refractivity contribution in [3.63, 3.8) is 0 Å². The molecule has 0 N–H and O–H groups in total. The van der Waals surface area contributed by atoms with Gasteiger partial charge in [0.15, 0.2) is 0 Å². The van der Waals surface area contributed by atoms with Gasteiger partial charge >= 0.3 is 0 Å². The fourth-order valence-corrected chi connectivity index (χ4v) is 0.217. The van der Waals surface area contributed by atoms with Crippen LogP contribution in [0.4, 0.5) is 0 Å². The van der Waals surface area contributed by atoms with Crippen LogP contribution in [0.2, 0.25) is 0 Å². The van der Waals surface area contributed by atoms with Crippen molar-refractivity contribution < 1.29 is 0 Å². The van der Waals surface area contributed by atoms with Crippen LogP contribution >= 0.6 is 0 Å². The lowest BCUT2D eigenvalue weighted by Crippen LogP contribution is -1.74. The van der Waals surface area contributed by atoms with Crippen LogP contribution in [0.25, 0.3) is 0 Å². The highest BCUT2D eigenvalue weighted by Crippen LogP contribution is 1.88. The first-order valence-corrected chi connectivity index (χ1v) is 2.45. The van der Waals surface area contributed by atoms with E-state index in [9.17, 15) is 0 Å². The van der Waals surface area contributed by atoms with E-state index in [0.717, 1.165) is 5.57 Å². The van der Waals surface area contributed by atoms with E-state index >= 15 is 0 Å². The second kappa shape index (κ2) is 3.62. The van der Waals surface area contributed by atoms with E-state index in [-0.39, 0.29) is 5.70 Å².